The van der Waals surface area contributed by atoms with Gasteiger partial charge in [0.15, 0.2) is 17.3 Å². The standard InChI is InChI=1S/C18H16N4O4S/c23-27(24,14-6-7-15-16(10-14)26-12-25-15)22-18-9-8-17(20-21-18)19-11-13-4-2-1-3-5-13/h1-10H,11-12H2,(H,19,20)(H,21,22). The maximum Gasteiger partial charge on any atom is 0.263 e. The van der Waals surface area contributed by atoms with E-state index < -0.39 is 10.0 Å². The van der Waals surface area contributed by atoms with Crippen LogP contribution in [0.4, 0.5) is 11.6 Å². The van der Waals surface area contributed by atoms with E-state index in [1.807, 2.05) is 30.3 Å². The van der Waals surface area contributed by atoms with Crippen LogP contribution in [0.25, 0.3) is 0 Å². The molecule has 8 nitrogen and oxygen atoms in total. The Morgan fingerprint density at radius 3 is 2.41 bits per heavy atom. The van der Waals surface area contributed by atoms with Gasteiger partial charge in [-0.15, -0.1) is 10.2 Å². The van der Waals surface area contributed by atoms with Gasteiger partial charge in [0, 0.05) is 12.6 Å². The Morgan fingerprint density at radius 2 is 1.63 bits per heavy atom. The highest BCUT2D eigenvalue weighted by atomic mass is 32.2. The molecule has 0 aliphatic carbocycles. The molecule has 2 aromatic carbocycles. The molecule has 0 spiro atoms. The minimum Gasteiger partial charge on any atom is -0.454 e. The Hall–Kier alpha value is -3.33. The Bertz CT molecular complexity index is 1040. The zero-order chi connectivity index (χ0) is 18.7. The molecule has 138 valence electrons. The van der Waals surface area contributed by atoms with Gasteiger partial charge in [-0.1, -0.05) is 30.3 Å². The van der Waals surface area contributed by atoms with Crippen molar-refractivity contribution in [2.45, 2.75) is 11.4 Å². The predicted octanol–water partition coefficient (Wildman–Crippen LogP) is 2.62. The summed E-state index contributed by atoms with van der Waals surface area (Å²) in [6.07, 6.45) is 0. The smallest absolute Gasteiger partial charge is 0.263 e. The molecule has 1 aromatic heterocycles. The van der Waals surface area contributed by atoms with Gasteiger partial charge in [-0.05, 0) is 29.8 Å². The van der Waals surface area contributed by atoms with Crippen molar-refractivity contribution in [1.29, 1.82) is 0 Å². The van der Waals surface area contributed by atoms with Crippen LogP contribution >= 0.6 is 0 Å². The average molecular weight is 384 g/mol. The van der Waals surface area contributed by atoms with Crippen molar-refractivity contribution >= 4 is 21.7 Å². The summed E-state index contributed by atoms with van der Waals surface area (Å²) in [6, 6.07) is 17.5. The van der Waals surface area contributed by atoms with Crippen LogP contribution in [0.15, 0.2) is 65.6 Å². The summed E-state index contributed by atoms with van der Waals surface area (Å²) in [6.45, 7) is 0.674. The van der Waals surface area contributed by atoms with Gasteiger partial charge in [-0.25, -0.2) is 8.42 Å². The number of fused-ring (bicyclic) bond motifs is 1. The van der Waals surface area contributed by atoms with E-state index in [9.17, 15) is 8.42 Å². The highest BCUT2D eigenvalue weighted by Gasteiger charge is 2.20. The van der Waals surface area contributed by atoms with Crippen LogP contribution in [-0.2, 0) is 16.6 Å². The third kappa shape index (κ3) is 3.93. The molecule has 9 heteroatoms. The zero-order valence-corrected chi connectivity index (χ0v) is 14.9. The lowest BCUT2D eigenvalue weighted by molar-refractivity contribution is 0.174. The SMILES string of the molecule is O=S(=O)(Nc1ccc(NCc2ccccc2)nn1)c1ccc2c(c1)OCO2. The number of hydrogen-bond donors (Lipinski definition) is 2. The summed E-state index contributed by atoms with van der Waals surface area (Å²) in [5.41, 5.74) is 1.10. The van der Waals surface area contributed by atoms with Crippen molar-refractivity contribution in [3.63, 3.8) is 0 Å². The van der Waals surface area contributed by atoms with E-state index in [0.717, 1.165) is 5.56 Å². The number of aromatic nitrogens is 2. The molecule has 3 aromatic rings. The van der Waals surface area contributed by atoms with Gasteiger partial charge in [0.05, 0.1) is 4.90 Å². The van der Waals surface area contributed by atoms with Crippen LogP contribution in [0, 0.1) is 0 Å². The Kier molecular flexibility index (Phi) is 4.51. The number of hydrogen-bond acceptors (Lipinski definition) is 7. The van der Waals surface area contributed by atoms with Gasteiger partial charge in [0.2, 0.25) is 6.79 Å². The molecule has 4 rings (SSSR count). The fraction of sp³-hybridized carbons (Fsp3) is 0.111. The molecule has 0 amide bonds. The van der Waals surface area contributed by atoms with E-state index in [0.29, 0.717) is 23.9 Å². The first-order chi connectivity index (χ1) is 13.1. The van der Waals surface area contributed by atoms with Crippen molar-refractivity contribution in [2.75, 3.05) is 16.8 Å². The molecule has 2 N–H and O–H groups in total. The van der Waals surface area contributed by atoms with Crippen LogP contribution in [0.5, 0.6) is 11.5 Å². The van der Waals surface area contributed by atoms with Gasteiger partial charge < -0.3 is 14.8 Å². The number of anilines is 2. The first-order valence-electron chi connectivity index (χ1n) is 8.14. The molecule has 0 atom stereocenters. The van der Waals surface area contributed by atoms with E-state index in [-0.39, 0.29) is 17.5 Å². The van der Waals surface area contributed by atoms with Crippen LogP contribution in [-0.4, -0.2) is 25.4 Å². The number of rotatable bonds is 6. The number of sulfonamides is 1. The summed E-state index contributed by atoms with van der Waals surface area (Å²) in [7, 11) is -3.81. The highest BCUT2D eigenvalue weighted by molar-refractivity contribution is 7.92. The molecule has 0 unspecified atom stereocenters. The van der Waals surface area contributed by atoms with E-state index in [2.05, 4.69) is 20.2 Å². The number of ether oxygens (including phenoxy) is 2. The lowest BCUT2D eigenvalue weighted by atomic mass is 10.2. The Labute approximate surface area is 156 Å². The second-order valence-corrected chi connectivity index (χ2v) is 7.45. The molecule has 0 saturated heterocycles. The first kappa shape index (κ1) is 17.1. The molecule has 2 heterocycles. The predicted molar refractivity (Wildman–Crippen MR) is 99.2 cm³/mol. The quantitative estimate of drug-likeness (QED) is 0.673. The topological polar surface area (TPSA) is 102 Å². The minimum atomic E-state index is -3.81. The molecule has 0 fully saturated rings. The van der Waals surface area contributed by atoms with Gasteiger partial charge >= 0.3 is 0 Å². The molecular weight excluding hydrogens is 368 g/mol. The van der Waals surface area contributed by atoms with Gasteiger partial charge in [-0.2, -0.15) is 0 Å². The lowest BCUT2D eigenvalue weighted by Gasteiger charge is -2.09. The molecule has 0 saturated carbocycles. The van der Waals surface area contributed by atoms with Gasteiger partial charge in [-0.3, -0.25) is 4.72 Å². The van der Waals surface area contributed by atoms with Gasteiger partial charge in [0.1, 0.15) is 5.82 Å². The second kappa shape index (κ2) is 7.12. The Balaban J connectivity index is 1.43. The monoisotopic (exact) mass is 384 g/mol. The maximum atomic E-state index is 12.5. The fourth-order valence-electron chi connectivity index (χ4n) is 2.51. The molecule has 27 heavy (non-hydrogen) atoms. The Morgan fingerprint density at radius 1 is 0.889 bits per heavy atom. The average Bonchev–Trinajstić information content (AvgIpc) is 3.16. The summed E-state index contributed by atoms with van der Waals surface area (Å²) >= 11 is 0. The van der Waals surface area contributed by atoms with E-state index in [4.69, 9.17) is 9.47 Å². The van der Waals surface area contributed by atoms with Crippen molar-refractivity contribution in [3.8, 4) is 11.5 Å². The first-order valence-corrected chi connectivity index (χ1v) is 9.62. The zero-order valence-electron chi connectivity index (χ0n) is 14.1. The van der Waals surface area contributed by atoms with E-state index in [1.165, 1.54) is 12.1 Å². The molecule has 0 radical (unpaired) electrons. The number of nitrogens with zero attached hydrogens (tertiary/aromatic N) is 2. The largest absolute Gasteiger partial charge is 0.454 e. The fourth-order valence-corrected chi connectivity index (χ4v) is 3.52. The number of nitrogens with one attached hydrogen (secondary N) is 2. The van der Waals surface area contributed by atoms with E-state index in [1.54, 1.807) is 18.2 Å². The summed E-state index contributed by atoms with van der Waals surface area (Å²) < 4.78 is 37.8. The van der Waals surface area contributed by atoms with E-state index >= 15 is 0 Å². The third-order valence-electron chi connectivity index (χ3n) is 3.87. The lowest BCUT2D eigenvalue weighted by Crippen LogP contribution is -2.14. The molecular formula is C18H16N4O4S. The summed E-state index contributed by atoms with van der Waals surface area (Å²) in [5, 5.41) is 11.0. The molecule has 1 aliphatic heterocycles. The van der Waals surface area contributed by atoms with Crippen molar-refractivity contribution in [2.24, 2.45) is 0 Å². The normalized spacial score (nSPS) is 12.6. The van der Waals surface area contributed by atoms with Crippen molar-refractivity contribution in [1.82, 2.24) is 10.2 Å². The third-order valence-corrected chi connectivity index (χ3v) is 5.23. The maximum absolute atomic E-state index is 12.5. The van der Waals surface area contributed by atoms with Crippen LogP contribution in [0.3, 0.4) is 0 Å². The molecule has 0 bridgehead atoms. The van der Waals surface area contributed by atoms with Crippen LogP contribution < -0.4 is 19.5 Å². The second-order valence-electron chi connectivity index (χ2n) is 5.76. The highest BCUT2D eigenvalue weighted by Crippen LogP contribution is 2.34. The van der Waals surface area contributed by atoms with Gasteiger partial charge in [0.25, 0.3) is 10.0 Å². The number of benzene rings is 2. The summed E-state index contributed by atoms with van der Waals surface area (Å²) in [5.74, 6) is 1.58. The molecule has 1 aliphatic rings. The summed E-state index contributed by atoms with van der Waals surface area (Å²) in [4.78, 5) is 0.0554. The van der Waals surface area contributed by atoms with Crippen LogP contribution in [0.2, 0.25) is 0 Å². The van der Waals surface area contributed by atoms with Crippen molar-refractivity contribution < 1.29 is 17.9 Å². The minimum absolute atomic E-state index is 0.0554. The van der Waals surface area contributed by atoms with Crippen molar-refractivity contribution in [3.05, 3.63) is 66.2 Å². The van der Waals surface area contributed by atoms with Crippen LogP contribution in [0.1, 0.15) is 5.56 Å².